The maximum absolute atomic E-state index is 13.2. The third-order valence-electron chi connectivity index (χ3n) is 6.77. The zero-order chi connectivity index (χ0) is 30.2. The van der Waals surface area contributed by atoms with Crippen LogP contribution >= 0.6 is 46.1 Å². The molecule has 11 heteroatoms. The van der Waals surface area contributed by atoms with Crippen LogP contribution in [0.5, 0.6) is 17.2 Å². The van der Waals surface area contributed by atoms with Crippen molar-refractivity contribution in [3.63, 3.8) is 0 Å². The SMILES string of the molecule is N#CC1=C(N)Oc2cc(OC(=O)c3sc4cc(Cl)cc(Cl)c4c3Cl)ccc2C1c1ccc(OCc2ccc(F)cc2)cc1. The fourth-order valence-corrected chi connectivity index (χ4v) is 6.99. The first-order chi connectivity index (χ1) is 20.7. The second-order valence-corrected chi connectivity index (χ2v) is 11.8. The standard InChI is InChI=1S/C32H18Cl3FN2O4S/c33-18-11-24(34)28-26(12-18)43-30(29(28)35)32(39)41-21-9-10-22-25(13-21)42-31(38)23(14-37)27(22)17-3-7-20(8-4-17)40-15-16-1-5-19(36)6-2-16/h1-13,27H,15,38H2. The fourth-order valence-electron chi connectivity index (χ4n) is 4.74. The summed E-state index contributed by atoms with van der Waals surface area (Å²) in [5.41, 5.74) is 8.65. The molecule has 0 radical (unpaired) electrons. The van der Waals surface area contributed by atoms with Crippen LogP contribution in [0, 0.1) is 17.1 Å². The monoisotopic (exact) mass is 650 g/mol. The van der Waals surface area contributed by atoms with Crippen LogP contribution in [0.3, 0.4) is 0 Å². The minimum absolute atomic E-state index is 0.0563. The first kappa shape index (κ1) is 28.8. The lowest BCUT2D eigenvalue weighted by Gasteiger charge is -2.26. The van der Waals surface area contributed by atoms with Gasteiger partial charge in [0.05, 0.1) is 16.0 Å². The van der Waals surface area contributed by atoms with Crippen molar-refractivity contribution in [1.29, 1.82) is 5.26 Å². The van der Waals surface area contributed by atoms with Crippen LogP contribution in [0.4, 0.5) is 4.39 Å². The van der Waals surface area contributed by atoms with Gasteiger partial charge in [-0.1, -0.05) is 65.1 Å². The van der Waals surface area contributed by atoms with Gasteiger partial charge >= 0.3 is 5.97 Å². The average Bonchev–Trinajstić information content (AvgIpc) is 3.32. The Labute approximate surface area is 264 Å². The van der Waals surface area contributed by atoms with Gasteiger partial charge in [-0.15, -0.1) is 11.3 Å². The second kappa shape index (κ2) is 11.8. The third kappa shape index (κ3) is 5.73. The summed E-state index contributed by atoms with van der Waals surface area (Å²) in [5, 5.41) is 11.4. The van der Waals surface area contributed by atoms with Crippen molar-refractivity contribution < 1.29 is 23.4 Å². The van der Waals surface area contributed by atoms with Gasteiger partial charge in [0.25, 0.3) is 0 Å². The lowest BCUT2D eigenvalue weighted by molar-refractivity contribution is 0.0740. The Balaban J connectivity index is 1.24. The van der Waals surface area contributed by atoms with Gasteiger partial charge < -0.3 is 19.9 Å². The van der Waals surface area contributed by atoms with Gasteiger partial charge in [0.1, 0.15) is 46.2 Å². The number of ether oxygens (including phenoxy) is 3. The van der Waals surface area contributed by atoms with Crippen molar-refractivity contribution >= 4 is 62.2 Å². The highest BCUT2D eigenvalue weighted by atomic mass is 35.5. The number of nitrogens with zero attached hydrogens (tertiary/aromatic N) is 1. The molecule has 4 aromatic carbocycles. The Morgan fingerprint density at radius 2 is 1.72 bits per heavy atom. The predicted molar refractivity (Wildman–Crippen MR) is 165 cm³/mol. The number of esters is 1. The lowest BCUT2D eigenvalue weighted by Crippen LogP contribution is -2.21. The van der Waals surface area contributed by atoms with E-state index in [-0.39, 0.29) is 39.5 Å². The molecule has 0 amide bonds. The van der Waals surface area contributed by atoms with Crippen LogP contribution in [0.25, 0.3) is 10.1 Å². The van der Waals surface area contributed by atoms with E-state index in [2.05, 4.69) is 6.07 Å². The van der Waals surface area contributed by atoms with Crippen molar-refractivity contribution in [2.75, 3.05) is 0 Å². The number of halogens is 4. The van der Waals surface area contributed by atoms with Gasteiger partial charge in [-0.05, 0) is 53.6 Å². The van der Waals surface area contributed by atoms with E-state index in [0.717, 1.165) is 22.5 Å². The summed E-state index contributed by atoms with van der Waals surface area (Å²) >= 11 is 20.0. The summed E-state index contributed by atoms with van der Waals surface area (Å²) in [7, 11) is 0. The Bertz CT molecular complexity index is 1970. The molecule has 2 N–H and O–H groups in total. The molecule has 5 aromatic rings. The molecular formula is C32H18Cl3FN2O4S. The molecule has 6 nitrogen and oxygen atoms in total. The topological polar surface area (TPSA) is 94.6 Å². The predicted octanol–water partition coefficient (Wildman–Crippen LogP) is 9.02. The number of thiophene rings is 1. The number of nitrogens with two attached hydrogens (primary N) is 1. The minimum atomic E-state index is -0.678. The van der Waals surface area contributed by atoms with E-state index in [9.17, 15) is 14.4 Å². The zero-order valence-electron chi connectivity index (χ0n) is 21.9. The van der Waals surface area contributed by atoms with Crippen molar-refractivity contribution in [2.45, 2.75) is 12.5 Å². The van der Waals surface area contributed by atoms with Crippen LogP contribution in [-0.2, 0) is 6.61 Å². The highest BCUT2D eigenvalue weighted by Gasteiger charge is 2.31. The molecule has 0 bridgehead atoms. The van der Waals surface area contributed by atoms with E-state index in [1.54, 1.807) is 48.5 Å². The van der Waals surface area contributed by atoms with Gasteiger partial charge in [-0.3, -0.25) is 0 Å². The third-order valence-corrected chi connectivity index (χ3v) is 8.89. The molecule has 0 saturated heterocycles. The van der Waals surface area contributed by atoms with Crippen LogP contribution in [0.1, 0.15) is 32.3 Å². The number of fused-ring (bicyclic) bond motifs is 2. The molecule has 6 rings (SSSR count). The molecule has 0 saturated carbocycles. The summed E-state index contributed by atoms with van der Waals surface area (Å²) in [6.07, 6.45) is 0. The minimum Gasteiger partial charge on any atom is -0.489 e. The van der Waals surface area contributed by atoms with Crippen LogP contribution in [-0.4, -0.2) is 5.97 Å². The molecule has 0 fully saturated rings. The largest absolute Gasteiger partial charge is 0.489 e. The van der Waals surface area contributed by atoms with E-state index in [1.807, 2.05) is 12.1 Å². The molecule has 2 heterocycles. The van der Waals surface area contributed by atoms with Crippen molar-refractivity contribution in [1.82, 2.24) is 0 Å². The number of carbonyl (C=O) groups excluding carboxylic acids is 1. The number of hydrogen-bond acceptors (Lipinski definition) is 7. The number of nitriles is 1. The smallest absolute Gasteiger partial charge is 0.355 e. The molecule has 0 aliphatic carbocycles. The van der Waals surface area contributed by atoms with Crippen LogP contribution in [0.15, 0.2) is 90.3 Å². The molecule has 1 aliphatic heterocycles. The molecule has 0 spiro atoms. The summed E-state index contributed by atoms with van der Waals surface area (Å²) < 4.78 is 31.1. The second-order valence-electron chi connectivity index (χ2n) is 9.50. The molecule has 43 heavy (non-hydrogen) atoms. The van der Waals surface area contributed by atoms with Crippen LogP contribution < -0.4 is 19.9 Å². The normalized spacial score (nSPS) is 14.2. The molecule has 1 aliphatic rings. The Morgan fingerprint density at radius 3 is 2.44 bits per heavy atom. The number of benzene rings is 4. The highest BCUT2D eigenvalue weighted by Crippen LogP contribution is 2.45. The van der Waals surface area contributed by atoms with E-state index in [1.165, 1.54) is 18.2 Å². The summed E-state index contributed by atoms with van der Waals surface area (Å²) in [5.74, 6) is -0.455. The zero-order valence-corrected chi connectivity index (χ0v) is 25.0. The quantitative estimate of drug-likeness (QED) is 0.145. The number of carbonyl (C=O) groups is 1. The van der Waals surface area contributed by atoms with Crippen molar-refractivity contribution in [2.24, 2.45) is 5.73 Å². The summed E-state index contributed by atoms with van der Waals surface area (Å²) in [4.78, 5) is 13.3. The first-order valence-corrected chi connectivity index (χ1v) is 14.6. The lowest BCUT2D eigenvalue weighted by atomic mass is 9.83. The molecule has 1 unspecified atom stereocenters. The molecule has 1 aromatic heterocycles. The highest BCUT2D eigenvalue weighted by molar-refractivity contribution is 7.21. The van der Waals surface area contributed by atoms with E-state index in [4.69, 9.17) is 54.7 Å². The van der Waals surface area contributed by atoms with E-state index < -0.39 is 11.9 Å². The maximum Gasteiger partial charge on any atom is 0.355 e. The van der Waals surface area contributed by atoms with Gasteiger partial charge in [0.15, 0.2) is 0 Å². The first-order valence-electron chi connectivity index (χ1n) is 12.7. The van der Waals surface area contributed by atoms with Gasteiger partial charge in [0, 0.05) is 26.7 Å². The van der Waals surface area contributed by atoms with E-state index >= 15 is 0 Å². The van der Waals surface area contributed by atoms with Gasteiger partial charge in [-0.2, -0.15) is 5.26 Å². The number of rotatable bonds is 6. The molecular weight excluding hydrogens is 634 g/mol. The molecule has 1 atom stereocenters. The van der Waals surface area contributed by atoms with Gasteiger partial charge in [0.2, 0.25) is 5.88 Å². The van der Waals surface area contributed by atoms with Crippen molar-refractivity contribution in [3.05, 3.63) is 133 Å². The fraction of sp³-hybridized carbons (Fsp3) is 0.0625. The summed E-state index contributed by atoms with van der Waals surface area (Å²) in [6, 6.07) is 23.5. The Kier molecular flexibility index (Phi) is 7.91. The van der Waals surface area contributed by atoms with Gasteiger partial charge in [-0.25, -0.2) is 9.18 Å². The average molecular weight is 652 g/mol. The van der Waals surface area contributed by atoms with Crippen LogP contribution in [0.2, 0.25) is 15.1 Å². The molecule has 214 valence electrons. The summed E-state index contributed by atoms with van der Waals surface area (Å²) in [6.45, 7) is 0.269. The van der Waals surface area contributed by atoms with Crippen molar-refractivity contribution in [3.8, 4) is 23.3 Å². The maximum atomic E-state index is 13.2. The Morgan fingerprint density at radius 1 is 1.00 bits per heavy atom. The van der Waals surface area contributed by atoms with E-state index in [0.29, 0.717) is 37.2 Å². The Hall–Kier alpha value is -4.26. The number of allylic oxidation sites excluding steroid dienone is 1. The number of hydrogen-bond donors (Lipinski definition) is 1.